The van der Waals surface area contributed by atoms with Crippen molar-refractivity contribution >= 4 is 17.9 Å². The minimum atomic E-state index is -0.909. The van der Waals surface area contributed by atoms with Gasteiger partial charge >= 0.3 is 6.09 Å². The predicted molar refractivity (Wildman–Crippen MR) is 87.0 cm³/mol. The van der Waals surface area contributed by atoms with Crippen LogP contribution in [-0.2, 0) is 0 Å². The van der Waals surface area contributed by atoms with E-state index < -0.39 is 6.09 Å². The Hall–Kier alpha value is -2.41. The summed E-state index contributed by atoms with van der Waals surface area (Å²) >= 11 is 0. The fraction of sp³-hybridized carbons (Fsp3) is 0.471. The zero-order valence-electron chi connectivity index (χ0n) is 13.8. The van der Waals surface area contributed by atoms with Gasteiger partial charge in [0.2, 0.25) is 0 Å². The summed E-state index contributed by atoms with van der Waals surface area (Å²) in [6.07, 6.45) is -0.909. The standard InChI is InChI=1S/C17H21N3O4/c1-11-9-18(17(23)24)10-12(2)19(11)7-8-20-15(21)13-5-3-4-6-14(13)16(20)22/h3-6,11-12H,7-10H2,1-2H3,(H,23,24). The number of fused-ring (bicyclic) bond motifs is 1. The van der Waals surface area contributed by atoms with E-state index >= 15 is 0 Å². The fourth-order valence-corrected chi connectivity index (χ4v) is 3.61. The number of hydrogen-bond donors (Lipinski definition) is 1. The van der Waals surface area contributed by atoms with Crippen molar-refractivity contribution in [3.63, 3.8) is 0 Å². The number of imide groups is 1. The lowest BCUT2D eigenvalue weighted by Gasteiger charge is -2.43. The van der Waals surface area contributed by atoms with E-state index in [4.69, 9.17) is 5.11 Å². The van der Waals surface area contributed by atoms with Gasteiger partial charge in [0, 0.05) is 38.3 Å². The molecule has 2 atom stereocenters. The smallest absolute Gasteiger partial charge is 0.407 e. The highest BCUT2D eigenvalue weighted by atomic mass is 16.4. The van der Waals surface area contributed by atoms with E-state index in [0.29, 0.717) is 37.3 Å². The zero-order valence-corrected chi connectivity index (χ0v) is 13.8. The molecule has 2 aliphatic rings. The Morgan fingerprint density at radius 2 is 1.54 bits per heavy atom. The molecule has 3 rings (SSSR count). The molecule has 3 amide bonds. The summed E-state index contributed by atoms with van der Waals surface area (Å²) in [4.78, 5) is 40.8. The van der Waals surface area contributed by atoms with Crippen LogP contribution in [0.25, 0.3) is 0 Å². The fourth-order valence-electron chi connectivity index (χ4n) is 3.61. The molecule has 0 saturated carbocycles. The molecular weight excluding hydrogens is 310 g/mol. The second kappa shape index (κ2) is 6.24. The van der Waals surface area contributed by atoms with Crippen molar-refractivity contribution in [2.45, 2.75) is 25.9 Å². The summed E-state index contributed by atoms with van der Waals surface area (Å²) in [6.45, 7) is 5.65. The number of amides is 3. The molecular formula is C17H21N3O4. The SMILES string of the molecule is CC1CN(C(=O)O)CC(C)N1CCN1C(=O)c2ccccc2C1=O. The molecule has 1 N–H and O–H groups in total. The van der Waals surface area contributed by atoms with Crippen LogP contribution in [0.4, 0.5) is 4.79 Å². The van der Waals surface area contributed by atoms with Crippen LogP contribution in [-0.4, -0.2) is 76.0 Å². The van der Waals surface area contributed by atoms with E-state index in [1.165, 1.54) is 9.80 Å². The second-order valence-corrected chi connectivity index (χ2v) is 6.43. The minimum Gasteiger partial charge on any atom is -0.465 e. The van der Waals surface area contributed by atoms with Gasteiger partial charge in [-0.2, -0.15) is 0 Å². The Morgan fingerprint density at radius 3 is 2.00 bits per heavy atom. The number of nitrogens with zero attached hydrogens (tertiary/aromatic N) is 3. The highest BCUT2D eigenvalue weighted by molar-refractivity contribution is 6.21. The molecule has 0 bridgehead atoms. The van der Waals surface area contributed by atoms with Crippen LogP contribution in [0.3, 0.4) is 0 Å². The van der Waals surface area contributed by atoms with Crippen molar-refractivity contribution in [1.29, 1.82) is 0 Å². The summed E-state index contributed by atoms with van der Waals surface area (Å²) in [6, 6.07) is 6.94. The molecule has 1 fully saturated rings. The van der Waals surface area contributed by atoms with Crippen LogP contribution in [0.2, 0.25) is 0 Å². The Kier molecular flexibility index (Phi) is 4.28. The van der Waals surface area contributed by atoms with E-state index in [0.717, 1.165) is 0 Å². The lowest BCUT2D eigenvalue weighted by Crippen LogP contribution is -2.59. The van der Waals surface area contributed by atoms with Crippen LogP contribution in [0.5, 0.6) is 0 Å². The van der Waals surface area contributed by atoms with Gasteiger partial charge in [-0.25, -0.2) is 4.79 Å². The molecule has 0 aliphatic carbocycles. The molecule has 7 nitrogen and oxygen atoms in total. The second-order valence-electron chi connectivity index (χ2n) is 6.43. The van der Waals surface area contributed by atoms with Gasteiger partial charge in [0.15, 0.2) is 0 Å². The Morgan fingerprint density at radius 1 is 1.04 bits per heavy atom. The van der Waals surface area contributed by atoms with Crippen molar-refractivity contribution in [3.05, 3.63) is 35.4 Å². The third-order valence-corrected chi connectivity index (χ3v) is 4.83. The van der Waals surface area contributed by atoms with Gasteiger partial charge in [-0.1, -0.05) is 12.1 Å². The number of carbonyl (C=O) groups excluding carboxylic acids is 2. The van der Waals surface area contributed by atoms with E-state index in [2.05, 4.69) is 4.90 Å². The maximum atomic E-state index is 12.4. The summed E-state index contributed by atoms with van der Waals surface area (Å²) in [7, 11) is 0. The molecule has 1 saturated heterocycles. The molecule has 7 heteroatoms. The first-order valence-electron chi connectivity index (χ1n) is 8.09. The van der Waals surface area contributed by atoms with Crippen LogP contribution >= 0.6 is 0 Å². The van der Waals surface area contributed by atoms with Crippen molar-refractivity contribution < 1.29 is 19.5 Å². The lowest BCUT2D eigenvalue weighted by atomic mass is 10.1. The normalized spacial score (nSPS) is 24.4. The number of benzene rings is 1. The molecule has 2 unspecified atom stereocenters. The molecule has 1 aromatic rings. The third kappa shape index (κ3) is 2.75. The van der Waals surface area contributed by atoms with E-state index in [9.17, 15) is 14.4 Å². The monoisotopic (exact) mass is 331 g/mol. The van der Waals surface area contributed by atoms with Crippen LogP contribution in [0.1, 0.15) is 34.6 Å². The molecule has 1 aromatic carbocycles. The largest absolute Gasteiger partial charge is 0.465 e. The number of hydrogen-bond acceptors (Lipinski definition) is 4. The van der Waals surface area contributed by atoms with Crippen molar-refractivity contribution in [2.24, 2.45) is 0 Å². The first kappa shape index (κ1) is 16.4. The van der Waals surface area contributed by atoms with Gasteiger partial charge in [-0.05, 0) is 26.0 Å². The summed E-state index contributed by atoms with van der Waals surface area (Å²) in [5.41, 5.74) is 0.915. The van der Waals surface area contributed by atoms with Gasteiger partial charge in [0.1, 0.15) is 0 Å². The van der Waals surface area contributed by atoms with Crippen LogP contribution in [0, 0.1) is 0 Å². The molecule has 0 aromatic heterocycles. The quantitative estimate of drug-likeness (QED) is 0.846. The Balaban J connectivity index is 1.66. The van der Waals surface area contributed by atoms with Gasteiger partial charge in [-0.3, -0.25) is 19.4 Å². The van der Waals surface area contributed by atoms with Crippen LogP contribution < -0.4 is 0 Å². The summed E-state index contributed by atoms with van der Waals surface area (Å²) < 4.78 is 0. The lowest BCUT2D eigenvalue weighted by molar-refractivity contribution is 0.0326. The van der Waals surface area contributed by atoms with Crippen molar-refractivity contribution in [1.82, 2.24) is 14.7 Å². The topological polar surface area (TPSA) is 81.2 Å². The molecule has 0 radical (unpaired) electrons. The number of rotatable bonds is 3. The molecule has 2 aliphatic heterocycles. The molecule has 0 spiro atoms. The number of carboxylic acid groups (broad SMARTS) is 1. The van der Waals surface area contributed by atoms with E-state index in [1.807, 2.05) is 13.8 Å². The van der Waals surface area contributed by atoms with E-state index in [-0.39, 0.29) is 23.9 Å². The first-order chi connectivity index (χ1) is 11.4. The predicted octanol–water partition coefficient (Wildman–Crippen LogP) is 1.36. The maximum Gasteiger partial charge on any atom is 0.407 e. The van der Waals surface area contributed by atoms with Gasteiger partial charge in [0.25, 0.3) is 11.8 Å². The number of piperazine rings is 1. The average Bonchev–Trinajstić information content (AvgIpc) is 2.79. The van der Waals surface area contributed by atoms with Gasteiger partial charge < -0.3 is 10.0 Å². The highest BCUT2D eigenvalue weighted by Crippen LogP contribution is 2.23. The van der Waals surface area contributed by atoms with Crippen LogP contribution in [0.15, 0.2) is 24.3 Å². The third-order valence-electron chi connectivity index (χ3n) is 4.83. The number of carbonyl (C=O) groups is 3. The minimum absolute atomic E-state index is 0.0417. The first-order valence-corrected chi connectivity index (χ1v) is 8.09. The highest BCUT2D eigenvalue weighted by Gasteiger charge is 2.37. The summed E-state index contributed by atoms with van der Waals surface area (Å²) in [5.74, 6) is -0.500. The van der Waals surface area contributed by atoms with Crippen molar-refractivity contribution in [2.75, 3.05) is 26.2 Å². The van der Waals surface area contributed by atoms with Crippen molar-refractivity contribution in [3.8, 4) is 0 Å². The maximum absolute atomic E-state index is 12.4. The van der Waals surface area contributed by atoms with Gasteiger partial charge in [0.05, 0.1) is 11.1 Å². The average molecular weight is 331 g/mol. The zero-order chi connectivity index (χ0) is 17.4. The van der Waals surface area contributed by atoms with Gasteiger partial charge in [-0.15, -0.1) is 0 Å². The summed E-state index contributed by atoms with van der Waals surface area (Å²) in [5, 5.41) is 9.14. The van der Waals surface area contributed by atoms with E-state index in [1.54, 1.807) is 24.3 Å². The molecule has 24 heavy (non-hydrogen) atoms. The Labute approximate surface area is 140 Å². The molecule has 2 heterocycles. The molecule has 128 valence electrons. The Bertz CT molecular complexity index is 643.